The number of alkyl halides is 1. The van der Waals surface area contributed by atoms with Gasteiger partial charge >= 0.3 is 0 Å². The van der Waals surface area contributed by atoms with Crippen LogP contribution in [0.15, 0.2) is 28.7 Å². The molecule has 21 heavy (non-hydrogen) atoms. The van der Waals surface area contributed by atoms with E-state index in [1.54, 1.807) is 0 Å². The molecule has 2 rings (SSSR count). The molecule has 0 amide bonds. The zero-order valence-corrected chi connectivity index (χ0v) is 15.0. The highest BCUT2D eigenvalue weighted by Gasteiger charge is 2.14. The number of ether oxygens (including phenoxy) is 1. The molecule has 1 aromatic heterocycles. The minimum Gasteiger partial charge on any atom is -0.438 e. The summed E-state index contributed by atoms with van der Waals surface area (Å²) in [7, 11) is 0. The van der Waals surface area contributed by atoms with Crippen LogP contribution in [-0.4, -0.2) is 4.98 Å². The van der Waals surface area contributed by atoms with Crippen molar-refractivity contribution in [3.8, 4) is 11.6 Å². The highest BCUT2D eigenvalue weighted by Crippen LogP contribution is 2.34. The predicted octanol–water partition coefficient (Wildman–Crippen LogP) is 6.12. The molecular formula is C17H19BrClNO. The van der Waals surface area contributed by atoms with Crippen LogP contribution in [0.4, 0.5) is 0 Å². The van der Waals surface area contributed by atoms with Gasteiger partial charge in [0.2, 0.25) is 5.88 Å². The number of hydrogen-bond donors (Lipinski definition) is 0. The van der Waals surface area contributed by atoms with Crippen LogP contribution >= 0.6 is 27.5 Å². The smallest absolute Gasteiger partial charge is 0.224 e. The molecule has 0 aliphatic rings. The lowest BCUT2D eigenvalue weighted by molar-refractivity contribution is 0.448. The van der Waals surface area contributed by atoms with E-state index in [0.29, 0.717) is 17.7 Å². The summed E-state index contributed by atoms with van der Waals surface area (Å²) in [6.07, 6.45) is 0. The Bertz CT molecular complexity index is 655. The number of pyridine rings is 1. The summed E-state index contributed by atoms with van der Waals surface area (Å²) in [6.45, 7) is 8.28. The summed E-state index contributed by atoms with van der Waals surface area (Å²) in [5.74, 6) is 2.19. The van der Waals surface area contributed by atoms with Gasteiger partial charge in [0.05, 0.1) is 5.88 Å². The van der Waals surface area contributed by atoms with Gasteiger partial charge in [-0.2, -0.15) is 0 Å². The van der Waals surface area contributed by atoms with Crippen LogP contribution in [0.3, 0.4) is 0 Å². The average molecular weight is 369 g/mol. The molecule has 1 heterocycles. The Morgan fingerprint density at radius 1 is 1.24 bits per heavy atom. The highest BCUT2D eigenvalue weighted by molar-refractivity contribution is 9.10. The Balaban J connectivity index is 2.48. The summed E-state index contributed by atoms with van der Waals surface area (Å²) < 4.78 is 7.14. The first kappa shape index (κ1) is 16.3. The van der Waals surface area contributed by atoms with E-state index in [-0.39, 0.29) is 0 Å². The fourth-order valence-electron chi connectivity index (χ4n) is 2.24. The molecule has 0 aliphatic carbocycles. The number of halogens is 2. The Labute approximate surface area is 139 Å². The molecular weight excluding hydrogens is 350 g/mol. The van der Waals surface area contributed by atoms with E-state index in [4.69, 9.17) is 16.3 Å². The summed E-state index contributed by atoms with van der Waals surface area (Å²) in [6, 6.07) is 8.06. The molecule has 0 aliphatic heterocycles. The Kier molecular flexibility index (Phi) is 5.28. The lowest BCUT2D eigenvalue weighted by Crippen LogP contribution is -2.01. The van der Waals surface area contributed by atoms with Gasteiger partial charge in [-0.05, 0) is 55.2 Å². The minimum atomic E-state index is 0.364. The van der Waals surface area contributed by atoms with Crippen LogP contribution in [0.1, 0.15) is 42.1 Å². The molecule has 0 atom stereocenters. The maximum Gasteiger partial charge on any atom is 0.224 e. The van der Waals surface area contributed by atoms with Crippen LogP contribution in [0.5, 0.6) is 11.6 Å². The van der Waals surface area contributed by atoms with Crippen molar-refractivity contribution >= 4 is 27.5 Å². The number of benzene rings is 1. The van der Waals surface area contributed by atoms with Gasteiger partial charge < -0.3 is 4.74 Å². The van der Waals surface area contributed by atoms with E-state index in [1.165, 1.54) is 0 Å². The van der Waals surface area contributed by atoms with E-state index < -0.39 is 0 Å². The molecule has 112 valence electrons. The fraction of sp³-hybridized carbons (Fsp3) is 0.353. The molecule has 0 fully saturated rings. The normalized spacial score (nSPS) is 11.0. The van der Waals surface area contributed by atoms with E-state index in [1.807, 2.05) is 32.0 Å². The summed E-state index contributed by atoms with van der Waals surface area (Å²) in [4.78, 5) is 4.50. The van der Waals surface area contributed by atoms with Gasteiger partial charge in [0.1, 0.15) is 5.75 Å². The zero-order valence-electron chi connectivity index (χ0n) is 12.7. The number of aromatic nitrogens is 1. The third-order valence-corrected chi connectivity index (χ3v) is 4.13. The third-order valence-electron chi connectivity index (χ3n) is 3.37. The number of nitrogens with zero attached hydrogens (tertiary/aromatic N) is 1. The van der Waals surface area contributed by atoms with Gasteiger partial charge in [0.15, 0.2) is 0 Å². The quantitative estimate of drug-likeness (QED) is 0.607. The summed E-state index contributed by atoms with van der Waals surface area (Å²) in [5, 5.41) is 0. The second-order valence-corrected chi connectivity index (χ2v) is 6.62. The van der Waals surface area contributed by atoms with Gasteiger partial charge in [0.25, 0.3) is 0 Å². The molecule has 2 aromatic rings. The molecule has 4 heteroatoms. The first-order valence-electron chi connectivity index (χ1n) is 6.92. The van der Waals surface area contributed by atoms with Crippen molar-refractivity contribution in [3.63, 3.8) is 0 Å². The van der Waals surface area contributed by atoms with Crippen LogP contribution in [-0.2, 0) is 5.88 Å². The monoisotopic (exact) mass is 367 g/mol. The first-order chi connectivity index (χ1) is 9.92. The second kappa shape index (κ2) is 6.80. The van der Waals surface area contributed by atoms with Crippen molar-refractivity contribution in [1.29, 1.82) is 0 Å². The van der Waals surface area contributed by atoms with Crippen molar-refractivity contribution in [3.05, 3.63) is 51.1 Å². The molecule has 0 saturated carbocycles. The Morgan fingerprint density at radius 2 is 1.95 bits per heavy atom. The van der Waals surface area contributed by atoms with Gasteiger partial charge in [-0.3, -0.25) is 0 Å². The molecule has 0 saturated heterocycles. The predicted molar refractivity (Wildman–Crippen MR) is 91.6 cm³/mol. The topological polar surface area (TPSA) is 22.1 Å². The van der Waals surface area contributed by atoms with E-state index in [9.17, 15) is 0 Å². The van der Waals surface area contributed by atoms with E-state index in [2.05, 4.69) is 40.8 Å². The molecule has 0 radical (unpaired) electrons. The first-order valence-corrected chi connectivity index (χ1v) is 8.25. The largest absolute Gasteiger partial charge is 0.438 e. The van der Waals surface area contributed by atoms with Crippen molar-refractivity contribution in [2.75, 3.05) is 0 Å². The van der Waals surface area contributed by atoms with Gasteiger partial charge in [-0.1, -0.05) is 29.8 Å². The number of aryl methyl sites for hydroxylation is 2. The standard InChI is InChI=1S/C17H19BrClNO/c1-10(2)14-8-13(18)5-6-16(14)21-17-15(9-19)11(3)7-12(4)20-17/h5-8,10H,9H2,1-4H3. The highest BCUT2D eigenvalue weighted by atomic mass is 79.9. The number of rotatable bonds is 4. The van der Waals surface area contributed by atoms with Crippen LogP contribution in [0.25, 0.3) is 0 Å². The summed E-state index contributed by atoms with van der Waals surface area (Å²) in [5.41, 5.74) is 4.13. The molecule has 0 spiro atoms. The van der Waals surface area contributed by atoms with E-state index in [0.717, 1.165) is 32.6 Å². The fourth-order valence-corrected chi connectivity index (χ4v) is 2.95. The van der Waals surface area contributed by atoms with Crippen LogP contribution < -0.4 is 4.74 Å². The second-order valence-electron chi connectivity index (χ2n) is 5.44. The lowest BCUT2D eigenvalue weighted by Gasteiger charge is -2.16. The molecule has 0 unspecified atom stereocenters. The third kappa shape index (κ3) is 3.78. The van der Waals surface area contributed by atoms with E-state index >= 15 is 0 Å². The van der Waals surface area contributed by atoms with Crippen molar-refractivity contribution in [2.45, 2.75) is 39.5 Å². The average Bonchev–Trinajstić information content (AvgIpc) is 2.40. The van der Waals surface area contributed by atoms with Crippen LogP contribution in [0.2, 0.25) is 0 Å². The maximum atomic E-state index is 6.09. The van der Waals surface area contributed by atoms with Gasteiger partial charge in [-0.25, -0.2) is 4.98 Å². The van der Waals surface area contributed by atoms with Crippen molar-refractivity contribution < 1.29 is 4.74 Å². The molecule has 2 nitrogen and oxygen atoms in total. The van der Waals surface area contributed by atoms with Gasteiger partial charge in [0, 0.05) is 15.7 Å². The number of hydrogen-bond acceptors (Lipinski definition) is 2. The molecule has 0 bridgehead atoms. The zero-order chi connectivity index (χ0) is 15.6. The van der Waals surface area contributed by atoms with Crippen LogP contribution in [0, 0.1) is 13.8 Å². The van der Waals surface area contributed by atoms with Crippen molar-refractivity contribution in [2.24, 2.45) is 0 Å². The van der Waals surface area contributed by atoms with Crippen molar-refractivity contribution in [1.82, 2.24) is 4.98 Å². The lowest BCUT2D eigenvalue weighted by atomic mass is 10.0. The molecule has 0 N–H and O–H groups in total. The minimum absolute atomic E-state index is 0.364. The Morgan fingerprint density at radius 3 is 2.57 bits per heavy atom. The maximum absolute atomic E-state index is 6.09. The Hall–Kier alpha value is -1.06. The molecule has 1 aromatic carbocycles. The summed E-state index contributed by atoms with van der Waals surface area (Å²) >= 11 is 9.57. The SMILES string of the molecule is Cc1cc(C)c(CCl)c(Oc2ccc(Br)cc2C(C)C)n1. The van der Waals surface area contributed by atoms with Gasteiger partial charge in [-0.15, -0.1) is 11.6 Å².